The predicted molar refractivity (Wildman–Crippen MR) is 70.4 cm³/mol. The van der Waals surface area contributed by atoms with Gasteiger partial charge in [0.15, 0.2) is 0 Å². The molecule has 0 aromatic heterocycles. The van der Waals surface area contributed by atoms with Gasteiger partial charge in [-0.05, 0) is 18.6 Å². The SMILES string of the molecule is CCC(CO)(CO)Nc1ccccc1S(=O)(=O)C(F)F. The van der Waals surface area contributed by atoms with Crippen LogP contribution in [0.15, 0.2) is 29.2 Å². The van der Waals surface area contributed by atoms with Crippen LogP contribution in [-0.4, -0.2) is 43.1 Å². The summed E-state index contributed by atoms with van der Waals surface area (Å²) in [5.41, 5.74) is -1.24. The molecule has 1 aromatic rings. The topological polar surface area (TPSA) is 86.6 Å². The van der Waals surface area contributed by atoms with E-state index in [0.29, 0.717) is 0 Å². The van der Waals surface area contributed by atoms with Crippen LogP contribution in [-0.2, 0) is 9.84 Å². The second-order valence-corrected chi connectivity index (χ2v) is 6.26. The number of para-hydroxylation sites is 1. The summed E-state index contributed by atoms with van der Waals surface area (Å²) in [5.74, 6) is -3.54. The normalized spacial score (nSPS) is 12.7. The fourth-order valence-corrected chi connectivity index (χ4v) is 2.53. The first-order valence-electron chi connectivity index (χ1n) is 5.94. The Morgan fingerprint density at radius 2 is 1.80 bits per heavy atom. The molecule has 0 amide bonds. The van der Waals surface area contributed by atoms with Crippen LogP contribution in [0.25, 0.3) is 0 Å². The van der Waals surface area contributed by atoms with Crippen molar-refractivity contribution in [2.24, 2.45) is 0 Å². The molecule has 0 heterocycles. The van der Waals surface area contributed by atoms with E-state index in [2.05, 4.69) is 5.32 Å². The lowest BCUT2D eigenvalue weighted by Crippen LogP contribution is -2.45. The summed E-state index contributed by atoms with van der Waals surface area (Å²) >= 11 is 0. The molecule has 0 spiro atoms. The van der Waals surface area contributed by atoms with Gasteiger partial charge in [0.1, 0.15) is 0 Å². The molecule has 0 radical (unpaired) electrons. The lowest BCUT2D eigenvalue weighted by atomic mass is 9.98. The zero-order chi connectivity index (χ0) is 15.4. The number of aliphatic hydroxyl groups excluding tert-OH is 2. The van der Waals surface area contributed by atoms with E-state index in [9.17, 15) is 27.4 Å². The highest BCUT2D eigenvalue weighted by Crippen LogP contribution is 2.29. The van der Waals surface area contributed by atoms with Crippen molar-refractivity contribution in [3.63, 3.8) is 0 Å². The van der Waals surface area contributed by atoms with Crippen molar-refractivity contribution in [2.45, 2.75) is 29.5 Å². The summed E-state index contributed by atoms with van der Waals surface area (Å²) in [6, 6.07) is 5.16. The average molecular weight is 309 g/mol. The predicted octanol–water partition coefficient (Wildman–Crippen LogP) is 1.23. The van der Waals surface area contributed by atoms with Crippen LogP contribution in [0.4, 0.5) is 14.5 Å². The van der Waals surface area contributed by atoms with Crippen molar-refractivity contribution < 1.29 is 27.4 Å². The van der Waals surface area contributed by atoms with Crippen LogP contribution in [0.2, 0.25) is 0 Å². The fourth-order valence-electron chi connectivity index (χ4n) is 1.64. The van der Waals surface area contributed by atoms with E-state index >= 15 is 0 Å². The second kappa shape index (κ2) is 6.47. The van der Waals surface area contributed by atoms with Crippen molar-refractivity contribution in [1.29, 1.82) is 0 Å². The minimum absolute atomic E-state index is 0.0715. The van der Waals surface area contributed by atoms with E-state index in [1.807, 2.05) is 0 Å². The maximum atomic E-state index is 12.6. The molecule has 8 heteroatoms. The maximum Gasteiger partial charge on any atom is 0.341 e. The fraction of sp³-hybridized carbons (Fsp3) is 0.500. The first-order valence-corrected chi connectivity index (χ1v) is 7.48. The highest BCUT2D eigenvalue weighted by Gasteiger charge is 2.32. The third-order valence-corrected chi connectivity index (χ3v) is 4.55. The number of hydrogen-bond donors (Lipinski definition) is 3. The quantitative estimate of drug-likeness (QED) is 0.705. The van der Waals surface area contributed by atoms with Gasteiger partial charge in [-0.15, -0.1) is 0 Å². The van der Waals surface area contributed by atoms with E-state index in [1.54, 1.807) is 6.92 Å². The molecule has 3 N–H and O–H groups in total. The number of rotatable bonds is 7. The average Bonchev–Trinajstić information content (AvgIpc) is 2.45. The van der Waals surface area contributed by atoms with Crippen LogP contribution in [0, 0.1) is 0 Å². The minimum Gasteiger partial charge on any atom is -0.394 e. The van der Waals surface area contributed by atoms with Crippen LogP contribution in [0.3, 0.4) is 0 Å². The number of halogens is 2. The monoisotopic (exact) mass is 309 g/mol. The Morgan fingerprint density at radius 3 is 2.25 bits per heavy atom. The first kappa shape index (κ1) is 16.8. The van der Waals surface area contributed by atoms with E-state index < -0.39 is 39.2 Å². The zero-order valence-electron chi connectivity index (χ0n) is 10.9. The van der Waals surface area contributed by atoms with E-state index in [-0.39, 0.29) is 12.1 Å². The summed E-state index contributed by atoms with van der Waals surface area (Å²) in [6.07, 6.45) is 0.281. The van der Waals surface area contributed by atoms with Crippen LogP contribution in [0.1, 0.15) is 13.3 Å². The van der Waals surface area contributed by atoms with Gasteiger partial charge in [0.2, 0.25) is 9.84 Å². The number of anilines is 1. The summed E-state index contributed by atoms with van der Waals surface area (Å²) < 4.78 is 48.5. The van der Waals surface area contributed by atoms with Gasteiger partial charge in [-0.25, -0.2) is 8.42 Å². The van der Waals surface area contributed by atoms with E-state index in [4.69, 9.17) is 0 Å². The smallest absolute Gasteiger partial charge is 0.341 e. The van der Waals surface area contributed by atoms with Gasteiger partial charge in [-0.3, -0.25) is 0 Å². The van der Waals surface area contributed by atoms with Gasteiger partial charge in [-0.2, -0.15) is 8.78 Å². The summed E-state index contributed by atoms with van der Waals surface area (Å²) in [7, 11) is -4.76. The molecule has 0 unspecified atom stereocenters. The van der Waals surface area contributed by atoms with Crippen LogP contribution in [0.5, 0.6) is 0 Å². The number of benzene rings is 1. The Labute approximate surface area is 116 Å². The molecular formula is C12H17F2NO4S. The van der Waals surface area contributed by atoms with Gasteiger partial charge in [0, 0.05) is 0 Å². The Balaban J connectivity index is 3.28. The second-order valence-electron chi connectivity index (χ2n) is 4.38. The lowest BCUT2D eigenvalue weighted by Gasteiger charge is -2.31. The molecule has 0 aliphatic heterocycles. The first-order chi connectivity index (χ1) is 9.33. The van der Waals surface area contributed by atoms with Crippen LogP contribution >= 0.6 is 0 Å². The van der Waals surface area contributed by atoms with E-state index in [0.717, 1.165) is 6.07 Å². The highest BCUT2D eigenvalue weighted by atomic mass is 32.2. The molecular weight excluding hydrogens is 292 g/mol. The Hall–Kier alpha value is -1.25. The molecule has 0 bridgehead atoms. The lowest BCUT2D eigenvalue weighted by molar-refractivity contribution is 0.132. The molecule has 0 aliphatic rings. The van der Waals surface area contributed by atoms with Crippen molar-refractivity contribution in [3.05, 3.63) is 24.3 Å². The standard InChI is InChI=1S/C12H17F2NO4S/c1-2-12(7-16,8-17)15-9-5-3-4-6-10(9)20(18,19)11(13)14/h3-6,11,15-17H,2,7-8H2,1H3. The molecule has 0 aliphatic carbocycles. The van der Waals surface area contributed by atoms with E-state index in [1.165, 1.54) is 18.2 Å². The Bertz CT molecular complexity index is 536. The maximum absolute atomic E-state index is 12.6. The summed E-state index contributed by atoms with van der Waals surface area (Å²) in [6.45, 7) is 0.732. The number of aliphatic hydroxyl groups is 2. The number of sulfone groups is 1. The van der Waals surface area contributed by atoms with Crippen molar-refractivity contribution in [2.75, 3.05) is 18.5 Å². The Morgan fingerprint density at radius 1 is 1.25 bits per heavy atom. The highest BCUT2D eigenvalue weighted by molar-refractivity contribution is 7.91. The van der Waals surface area contributed by atoms with Crippen molar-refractivity contribution in [3.8, 4) is 0 Å². The molecule has 0 saturated heterocycles. The zero-order valence-corrected chi connectivity index (χ0v) is 11.7. The minimum atomic E-state index is -4.76. The van der Waals surface area contributed by atoms with Gasteiger partial charge in [-0.1, -0.05) is 19.1 Å². The van der Waals surface area contributed by atoms with Gasteiger partial charge in [0.05, 0.1) is 29.3 Å². The molecule has 20 heavy (non-hydrogen) atoms. The molecule has 1 rings (SSSR count). The summed E-state index contributed by atoms with van der Waals surface area (Å²) in [5, 5.41) is 21.3. The molecule has 1 aromatic carbocycles. The third kappa shape index (κ3) is 3.25. The largest absolute Gasteiger partial charge is 0.394 e. The molecule has 114 valence electrons. The van der Waals surface area contributed by atoms with Gasteiger partial charge >= 0.3 is 5.76 Å². The molecule has 0 atom stereocenters. The Kier molecular flexibility index (Phi) is 5.43. The number of nitrogens with one attached hydrogen (secondary N) is 1. The number of alkyl halides is 2. The van der Waals surface area contributed by atoms with Crippen molar-refractivity contribution >= 4 is 15.5 Å². The number of hydrogen-bond acceptors (Lipinski definition) is 5. The molecule has 0 fully saturated rings. The molecule has 0 saturated carbocycles. The third-order valence-electron chi connectivity index (χ3n) is 3.11. The van der Waals surface area contributed by atoms with Crippen molar-refractivity contribution in [1.82, 2.24) is 0 Å². The van der Waals surface area contributed by atoms with Gasteiger partial charge < -0.3 is 15.5 Å². The summed E-state index contributed by atoms with van der Waals surface area (Å²) in [4.78, 5) is -0.560. The molecule has 5 nitrogen and oxygen atoms in total. The van der Waals surface area contributed by atoms with Crippen LogP contribution < -0.4 is 5.32 Å². The van der Waals surface area contributed by atoms with Gasteiger partial charge in [0.25, 0.3) is 0 Å².